The Hall–Kier alpha value is -2.90. The monoisotopic (exact) mass is 434 g/mol. The Morgan fingerprint density at radius 2 is 1.90 bits per heavy atom. The van der Waals surface area contributed by atoms with Crippen molar-refractivity contribution >= 4 is 23.4 Å². The van der Waals surface area contributed by atoms with Crippen molar-refractivity contribution < 1.29 is 4.79 Å². The molecule has 0 spiro atoms. The van der Waals surface area contributed by atoms with Crippen LogP contribution in [0.1, 0.15) is 27.9 Å². The van der Waals surface area contributed by atoms with Gasteiger partial charge in [-0.25, -0.2) is 4.98 Å². The molecule has 0 radical (unpaired) electrons. The molecule has 4 rings (SSSR count). The molecule has 1 aliphatic rings. The molecule has 0 bridgehead atoms. The first-order valence-electron chi connectivity index (χ1n) is 10.4. The Morgan fingerprint density at radius 1 is 1.16 bits per heavy atom. The maximum atomic E-state index is 12.7. The number of aromatic nitrogens is 2. The van der Waals surface area contributed by atoms with Crippen LogP contribution in [0, 0.1) is 13.8 Å². The molecule has 0 atom stereocenters. The van der Waals surface area contributed by atoms with Crippen LogP contribution in [0.4, 0.5) is 5.69 Å². The van der Waals surface area contributed by atoms with Crippen molar-refractivity contribution in [3.8, 4) is 0 Å². The number of hydrogen-bond acceptors (Lipinski definition) is 5. The van der Waals surface area contributed by atoms with Gasteiger partial charge in [-0.05, 0) is 42.7 Å². The van der Waals surface area contributed by atoms with Gasteiger partial charge >= 0.3 is 0 Å². The number of fused-ring (bicyclic) bond motifs is 1. The van der Waals surface area contributed by atoms with Crippen molar-refractivity contribution in [2.24, 2.45) is 0 Å². The van der Waals surface area contributed by atoms with E-state index in [0.717, 1.165) is 47.6 Å². The van der Waals surface area contributed by atoms with Crippen molar-refractivity contribution in [3.63, 3.8) is 0 Å². The fourth-order valence-corrected chi connectivity index (χ4v) is 4.56. The highest BCUT2D eigenvalue weighted by Gasteiger charge is 2.21. The van der Waals surface area contributed by atoms with Crippen LogP contribution in [-0.2, 0) is 24.3 Å². The number of hydrogen-bond donors (Lipinski definition) is 2. The quantitative estimate of drug-likeness (QED) is 0.457. The lowest BCUT2D eigenvalue weighted by Crippen LogP contribution is -2.35. The molecule has 1 amide bonds. The SMILES string of the molecule is Cc1cc(C)cc(NC(=O)CSc2nc3c(c(=O)[nH]2)CN(Cc2ccccc2)CC3)c1. The van der Waals surface area contributed by atoms with Gasteiger partial charge in [-0.3, -0.25) is 14.5 Å². The number of carbonyl (C=O) groups is 1. The highest BCUT2D eigenvalue weighted by atomic mass is 32.2. The van der Waals surface area contributed by atoms with E-state index in [0.29, 0.717) is 11.7 Å². The maximum Gasteiger partial charge on any atom is 0.256 e. The maximum absolute atomic E-state index is 12.7. The van der Waals surface area contributed by atoms with Gasteiger partial charge in [0, 0.05) is 31.7 Å². The van der Waals surface area contributed by atoms with Gasteiger partial charge in [-0.1, -0.05) is 48.2 Å². The first kappa shape index (κ1) is 21.3. The number of nitrogens with zero attached hydrogens (tertiary/aromatic N) is 2. The molecule has 1 aliphatic heterocycles. The average Bonchev–Trinajstić information content (AvgIpc) is 2.73. The van der Waals surface area contributed by atoms with Crippen molar-refractivity contribution in [1.29, 1.82) is 0 Å². The van der Waals surface area contributed by atoms with Crippen LogP contribution in [0.15, 0.2) is 58.5 Å². The molecule has 160 valence electrons. The van der Waals surface area contributed by atoms with E-state index >= 15 is 0 Å². The van der Waals surface area contributed by atoms with Gasteiger partial charge in [0.25, 0.3) is 5.56 Å². The van der Waals surface area contributed by atoms with Gasteiger partial charge in [0.05, 0.1) is 17.0 Å². The van der Waals surface area contributed by atoms with Crippen LogP contribution in [-0.4, -0.2) is 33.1 Å². The number of rotatable bonds is 6. The van der Waals surface area contributed by atoms with E-state index < -0.39 is 0 Å². The zero-order valence-electron chi connectivity index (χ0n) is 17.8. The van der Waals surface area contributed by atoms with Crippen LogP contribution < -0.4 is 10.9 Å². The van der Waals surface area contributed by atoms with Crippen molar-refractivity contribution in [1.82, 2.24) is 14.9 Å². The third-order valence-corrected chi connectivity index (χ3v) is 6.09. The van der Waals surface area contributed by atoms with Crippen LogP contribution in [0.25, 0.3) is 0 Å². The first-order chi connectivity index (χ1) is 15.0. The fraction of sp³-hybridized carbons (Fsp3) is 0.292. The van der Waals surface area contributed by atoms with Gasteiger partial charge in [0.15, 0.2) is 5.16 Å². The lowest BCUT2D eigenvalue weighted by Gasteiger charge is -2.27. The third kappa shape index (κ3) is 5.62. The molecule has 2 heterocycles. The van der Waals surface area contributed by atoms with E-state index in [1.54, 1.807) is 0 Å². The smallest absolute Gasteiger partial charge is 0.256 e. The summed E-state index contributed by atoms with van der Waals surface area (Å²) in [5.41, 5.74) is 5.68. The van der Waals surface area contributed by atoms with E-state index in [2.05, 4.69) is 38.4 Å². The Morgan fingerprint density at radius 3 is 2.65 bits per heavy atom. The Balaban J connectivity index is 1.37. The molecule has 2 N–H and O–H groups in total. The minimum absolute atomic E-state index is 0.111. The number of amides is 1. The van der Waals surface area contributed by atoms with E-state index in [1.165, 1.54) is 17.3 Å². The topological polar surface area (TPSA) is 78.1 Å². The van der Waals surface area contributed by atoms with Crippen molar-refractivity contribution in [2.75, 3.05) is 17.6 Å². The predicted molar refractivity (Wildman–Crippen MR) is 124 cm³/mol. The van der Waals surface area contributed by atoms with E-state index in [4.69, 9.17) is 0 Å². The number of benzene rings is 2. The molecule has 31 heavy (non-hydrogen) atoms. The largest absolute Gasteiger partial charge is 0.325 e. The second-order valence-electron chi connectivity index (χ2n) is 7.96. The van der Waals surface area contributed by atoms with Gasteiger partial charge in [0.2, 0.25) is 5.91 Å². The Labute approximate surface area is 186 Å². The average molecular weight is 435 g/mol. The summed E-state index contributed by atoms with van der Waals surface area (Å²) < 4.78 is 0. The Bertz CT molecular complexity index is 1120. The Kier molecular flexibility index (Phi) is 6.53. The summed E-state index contributed by atoms with van der Waals surface area (Å²) in [7, 11) is 0. The van der Waals surface area contributed by atoms with Gasteiger partial charge in [-0.15, -0.1) is 0 Å². The third-order valence-electron chi connectivity index (χ3n) is 5.22. The first-order valence-corrected chi connectivity index (χ1v) is 11.3. The van der Waals surface area contributed by atoms with Gasteiger partial charge in [-0.2, -0.15) is 0 Å². The standard InChI is InChI=1S/C24H26N4O2S/c1-16-10-17(2)12-19(11-16)25-22(29)15-31-24-26-21-8-9-28(14-20(21)23(30)27-24)13-18-6-4-3-5-7-18/h3-7,10-12H,8-9,13-15H2,1-2H3,(H,25,29)(H,26,27,30). The van der Waals surface area contributed by atoms with E-state index in [-0.39, 0.29) is 17.2 Å². The minimum atomic E-state index is -0.121. The second kappa shape index (κ2) is 9.49. The lowest BCUT2D eigenvalue weighted by molar-refractivity contribution is -0.113. The molecule has 0 aliphatic carbocycles. The lowest BCUT2D eigenvalue weighted by atomic mass is 10.1. The summed E-state index contributed by atoms with van der Waals surface area (Å²) >= 11 is 1.25. The summed E-state index contributed by atoms with van der Waals surface area (Å²) in [6, 6.07) is 16.2. The van der Waals surface area contributed by atoms with Crippen LogP contribution >= 0.6 is 11.8 Å². The number of anilines is 1. The van der Waals surface area contributed by atoms with Crippen molar-refractivity contribution in [3.05, 3.63) is 86.8 Å². The minimum Gasteiger partial charge on any atom is -0.325 e. The zero-order valence-corrected chi connectivity index (χ0v) is 18.6. The highest BCUT2D eigenvalue weighted by molar-refractivity contribution is 7.99. The predicted octanol–water partition coefficient (Wildman–Crippen LogP) is 3.68. The van der Waals surface area contributed by atoms with Crippen molar-refractivity contribution in [2.45, 2.75) is 38.5 Å². The molecule has 7 heteroatoms. The fourth-order valence-electron chi connectivity index (χ4n) is 3.88. The highest BCUT2D eigenvalue weighted by Crippen LogP contribution is 2.20. The molecule has 0 saturated carbocycles. The summed E-state index contributed by atoms with van der Waals surface area (Å²) in [6.45, 7) is 6.26. The number of carbonyl (C=O) groups excluding carboxylic acids is 1. The molecule has 0 unspecified atom stereocenters. The summed E-state index contributed by atoms with van der Waals surface area (Å²) in [6.07, 6.45) is 0.731. The number of nitrogens with one attached hydrogen (secondary N) is 2. The molecule has 0 saturated heterocycles. The molecule has 3 aromatic rings. The molecule has 6 nitrogen and oxygen atoms in total. The molecular weight excluding hydrogens is 408 g/mol. The van der Waals surface area contributed by atoms with Gasteiger partial charge < -0.3 is 10.3 Å². The number of aromatic amines is 1. The summed E-state index contributed by atoms with van der Waals surface area (Å²) in [5, 5.41) is 3.41. The molecule has 0 fully saturated rings. The molecule has 2 aromatic carbocycles. The molecule has 1 aromatic heterocycles. The van der Waals surface area contributed by atoms with E-state index in [9.17, 15) is 9.59 Å². The second-order valence-corrected chi connectivity index (χ2v) is 8.92. The van der Waals surface area contributed by atoms with Crippen LogP contribution in [0.5, 0.6) is 0 Å². The van der Waals surface area contributed by atoms with E-state index in [1.807, 2.05) is 44.2 Å². The summed E-state index contributed by atoms with van der Waals surface area (Å²) in [5.74, 6) is 0.0684. The van der Waals surface area contributed by atoms with Crippen LogP contribution in [0.3, 0.4) is 0 Å². The van der Waals surface area contributed by atoms with Gasteiger partial charge in [0.1, 0.15) is 0 Å². The number of thioether (sulfide) groups is 1. The number of H-pyrrole nitrogens is 1. The van der Waals surface area contributed by atoms with Crippen LogP contribution in [0.2, 0.25) is 0 Å². The summed E-state index contributed by atoms with van der Waals surface area (Å²) in [4.78, 5) is 34.7. The molecular formula is C24H26N4O2S. The normalized spacial score (nSPS) is 13.6. The number of aryl methyl sites for hydroxylation is 2. The zero-order chi connectivity index (χ0) is 21.8.